The van der Waals surface area contributed by atoms with Gasteiger partial charge in [-0.25, -0.2) is 9.18 Å². The summed E-state index contributed by atoms with van der Waals surface area (Å²) in [6, 6.07) is 5.34. The molecule has 1 aromatic carbocycles. The van der Waals surface area contributed by atoms with Gasteiger partial charge in [-0.15, -0.1) is 0 Å². The molecule has 0 aromatic heterocycles. The number of amides is 3. The minimum absolute atomic E-state index is 0.0665. The van der Waals surface area contributed by atoms with Crippen LogP contribution in [0.1, 0.15) is 19.8 Å². The Bertz CT molecular complexity index is 661. The molecule has 2 fully saturated rings. The molecule has 2 aliphatic heterocycles. The van der Waals surface area contributed by atoms with E-state index in [1.54, 1.807) is 17.0 Å². The number of urea groups is 1. The number of hydrogen-bond donors (Lipinski definition) is 2. The number of anilines is 1. The average molecular weight is 391 g/mol. The molecule has 0 radical (unpaired) electrons. The smallest absolute Gasteiger partial charge is 0.315 e. The summed E-state index contributed by atoms with van der Waals surface area (Å²) >= 11 is 0. The van der Waals surface area contributed by atoms with Crippen molar-refractivity contribution in [1.82, 2.24) is 20.4 Å². The van der Waals surface area contributed by atoms with Crippen LogP contribution in [0.15, 0.2) is 24.3 Å². The van der Waals surface area contributed by atoms with Gasteiger partial charge in [-0.1, -0.05) is 6.92 Å². The van der Waals surface area contributed by atoms with E-state index in [0.29, 0.717) is 18.8 Å². The van der Waals surface area contributed by atoms with Crippen molar-refractivity contribution < 1.29 is 14.0 Å². The zero-order valence-electron chi connectivity index (χ0n) is 16.5. The number of hydrogen-bond acceptors (Lipinski definition) is 4. The zero-order chi connectivity index (χ0) is 19.9. The van der Waals surface area contributed by atoms with Crippen molar-refractivity contribution in [1.29, 1.82) is 0 Å². The van der Waals surface area contributed by atoms with Crippen LogP contribution in [0.4, 0.5) is 14.9 Å². The molecule has 0 saturated carbocycles. The van der Waals surface area contributed by atoms with Gasteiger partial charge >= 0.3 is 6.03 Å². The molecule has 2 aliphatic rings. The van der Waals surface area contributed by atoms with Crippen LogP contribution in [0.5, 0.6) is 0 Å². The van der Waals surface area contributed by atoms with Gasteiger partial charge in [-0.05, 0) is 43.8 Å². The van der Waals surface area contributed by atoms with Crippen LogP contribution in [0.2, 0.25) is 0 Å². The molecule has 1 atom stereocenters. The number of rotatable bonds is 7. The number of nitrogens with one attached hydrogen (secondary N) is 2. The number of carbonyl (C=O) groups is 2. The highest BCUT2D eigenvalue weighted by Crippen LogP contribution is 2.21. The Hall–Kier alpha value is -2.19. The third-order valence-corrected chi connectivity index (χ3v) is 5.45. The monoisotopic (exact) mass is 391 g/mol. The summed E-state index contributed by atoms with van der Waals surface area (Å²) in [6.07, 6.45) is 1.16. The van der Waals surface area contributed by atoms with E-state index in [0.717, 1.165) is 45.7 Å². The van der Waals surface area contributed by atoms with E-state index in [4.69, 9.17) is 0 Å². The third kappa shape index (κ3) is 5.65. The third-order valence-electron chi connectivity index (χ3n) is 5.45. The van der Waals surface area contributed by atoms with E-state index >= 15 is 0 Å². The Morgan fingerprint density at radius 2 is 1.82 bits per heavy atom. The summed E-state index contributed by atoms with van der Waals surface area (Å²) in [4.78, 5) is 30.7. The molecule has 8 heteroatoms. The van der Waals surface area contributed by atoms with Gasteiger partial charge < -0.3 is 25.3 Å². The standard InChI is InChI=1S/C20H30FN5O2/c1-2-24-10-12-25(13-11-24)9-3-8-22-20(28)23-17-14-19(27)26(15-17)18-6-4-16(21)5-7-18/h4-7,17H,2-3,8-15H2,1H3,(H2,22,23,28). The van der Waals surface area contributed by atoms with Gasteiger partial charge in [0, 0.05) is 51.4 Å². The minimum atomic E-state index is -0.336. The van der Waals surface area contributed by atoms with E-state index in [2.05, 4.69) is 27.4 Å². The average Bonchev–Trinajstić information content (AvgIpc) is 3.06. The number of halogens is 1. The molecule has 1 unspecified atom stereocenters. The van der Waals surface area contributed by atoms with Gasteiger partial charge in [0.25, 0.3) is 0 Å². The maximum absolute atomic E-state index is 13.0. The van der Waals surface area contributed by atoms with E-state index in [-0.39, 0.29) is 30.2 Å². The fraction of sp³-hybridized carbons (Fsp3) is 0.600. The lowest BCUT2D eigenvalue weighted by Gasteiger charge is -2.33. The molecule has 28 heavy (non-hydrogen) atoms. The molecule has 2 heterocycles. The second-order valence-corrected chi connectivity index (χ2v) is 7.41. The predicted molar refractivity (Wildman–Crippen MR) is 107 cm³/mol. The first-order chi connectivity index (χ1) is 13.5. The predicted octanol–water partition coefficient (Wildman–Crippen LogP) is 1.26. The van der Waals surface area contributed by atoms with Crippen molar-refractivity contribution in [2.75, 3.05) is 57.3 Å². The summed E-state index contributed by atoms with van der Waals surface area (Å²) in [5.41, 5.74) is 0.652. The highest BCUT2D eigenvalue weighted by atomic mass is 19.1. The van der Waals surface area contributed by atoms with Crippen LogP contribution in [0.25, 0.3) is 0 Å². The van der Waals surface area contributed by atoms with Gasteiger partial charge in [0.15, 0.2) is 0 Å². The Labute approximate surface area is 165 Å². The van der Waals surface area contributed by atoms with Gasteiger partial charge in [-0.3, -0.25) is 4.79 Å². The molecule has 2 N–H and O–H groups in total. The maximum Gasteiger partial charge on any atom is 0.315 e. The van der Waals surface area contributed by atoms with Crippen molar-refractivity contribution in [3.05, 3.63) is 30.1 Å². The normalized spacial score (nSPS) is 21.1. The van der Waals surface area contributed by atoms with E-state index in [1.165, 1.54) is 12.1 Å². The second-order valence-electron chi connectivity index (χ2n) is 7.41. The molecule has 0 aliphatic carbocycles. The number of likely N-dealkylation sites (N-methyl/N-ethyl adjacent to an activating group) is 1. The Morgan fingerprint density at radius 1 is 1.14 bits per heavy atom. The number of piperazine rings is 1. The number of benzene rings is 1. The molecule has 0 bridgehead atoms. The zero-order valence-corrected chi connectivity index (χ0v) is 16.5. The fourth-order valence-electron chi connectivity index (χ4n) is 3.74. The molecular formula is C20H30FN5O2. The van der Waals surface area contributed by atoms with Crippen LogP contribution in [0.3, 0.4) is 0 Å². The Kier molecular flexibility index (Phi) is 7.22. The van der Waals surface area contributed by atoms with E-state index in [1.807, 2.05) is 0 Å². The van der Waals surface area contributed by atoms with Crippen molar-refractivity contribution in [2.45, 2.75) is 25.8 Å². The van der Waals surface area contributed by atoms with Gasteiger partial charge in [0.05, 0.1) is 6.04 Å². The Balaban J connectivity index is 1.33. The number of carbonyl (C=O) groups excluding carboxylic acids is 2. The summed E-state index contributed by atoms with van der Waals surface area (Å²) in [5, 5.41) is 5.74. The first kappa shape index (κ1) is 20.5. The van der Waals surface area contributed by atoms with Gasteiger partial charge in [0.1, 0.15) is 5.82 Å². The fourth-order valence-corrected chi connectivity index (χ4v) is 3.74. The lowest BCUT2D eigenvalue weighted by atomic mass is 10.2. The molecular weight excluding hydrogens is 361 g/mol. The summed E-state index contributed by atoms with van der Waals surface area (Å²) in [5.74, 6) is -0.403. The van der Waals surface area contributed by atoms with E-state index < -0.39 is 0 Å². The molecule has 2 saturated heterocycles. The maximum atomic E-state index is 13.0. The molecule has 0 spiro atoms. The van der Waals surface area contributed by atoms with Gasteiger partial charge in [0.2, 0.25) is 5.91 Å². The molecule has 3 rings (SSSR count). The first-order valence-corrected chi connectivity index (χ1v) is 10.1. The van der Waals surface area contributed by atoms with Crippen molar-refractivity contribution in [2.24, 2.45) is 0 Å². The van der Waals surface area contributed by atoms with Crippen LogP contribution in [-0.4, -0.2) is 80.1 Å². The highest BCUT2D eigenvalue weighted by Gasteiger charge is 2.31. The molecule has 1 aromatic rings. The van der Waals surface area contributed by atoms with Crippen LogP contribution >= 0.6 is 0 Å². The molecule has 7 nitrogen and oxygen atoms in total. The Morgan fingerprint density at radius 3 is 2.50 bits per heavy atom. The lowest BCUT2D eigenvalue weighted by Crippen LogP contribution is -2.47. The highest BCUT2D eigenvalue weighted by molar-refractivity contribution is 5.96. The van der Waals surface area contributed by atoms with Crippen molar-refractivity contribution in [3.63, 3.8) is 0 Å². The quantitative estimate of drug-likeness (QED) is 0.687. The summed E-state index contributed by atoms with van der Waals surface area (Å²) in [7, 11) is 0. The van der Waals surface area contributed by atoms with Crippen LogP contribution < -0.4 is 15.5 Å². The first-order valence-electron chi connectivity index (χ1n) is 10.1. The minimum Gasteiger partial charge on any atom is -0.338 e. The number of nitrogens with zero attached hydrogens (tertiary/aromatic N) is 3. The molecule has 154 valence electrons. The van der Waals surface area contributed by atoms with Crippen molar-refractivity contribution >= 4 is 17.6 Å². The summed E-state index contributed by atoms with van der Waals surface area (Å²) in [6.45, 7) is 9.70. The molecule has 3 amide bonds. The topological polar surface area (TPSA) is 67.9 Å². The second kappa shape index (κ2) is 9.84. The van der Waals surface area contributed by atoms with E-state index in [9.17, 15) is 14.0 Å². The largest absolute Gasteiger partial charge is 0.338 e. The SMILES string of the molecule is CCN1CCN(CCCNC(=O)NC2CC(=O)N(c3ccc(F)cc3)C2)CC1. The van der Waals surface area contributed by atoms with Crippen LogP contribution in [-0.2, 0) is 4.79 Å². The summed E-state index contributed by atoms with van der Waals surface area (Å²) < 4.78 is 13.0. The van der Waals surface area contributed by atoms with Gasteiger partial charge in [-0.2, -0.15) is 0 Å². The van der Waals surface area contributed by atoms with Crippen LogP contribution in [0, 0.1) is 5.82 Å². The lowest BCUT2D eigenvalue weighted by molar-refractivity contribution is -0.117. The van der Waals surface area contributed by atoms with Crippen molar-refractivity contribution in [3.8, 4) is 0 Å².